The first-order chi connectivity index (χ1) is 14.9. The molecule has 1 saturated carbocycles. The lowest BCUT2D eigenvalue weighted by atomic mass is 9.94. The summed E-state index contributed by atoms with van der Waals surface area (Å²) in [6.07, 6.45) is -2.67. The molecule has 174 valence electrons. The number of aliphatic hydroxyl groups excluding tert-OH is 1. The van der Waals surface area contributed by atoms with E-state index in [0.717, 1.165) is 24.0 Å². The van der Waals surface area contributed by atoms with Gasteiger partial charge in [-0.1, -0.05) is 26.8 Å². The number of rotatable bonds is 4. The molecule has 1 aromatic heterocycles. The number of hydrogen-bond acceptors (Lipinski definition) is 6. The Morgan fingerprint density at radius 2 is 2.00 bits per heavy atom. The predicted octanol–water partition coefficient (Wildman–Crippen LogP) is 2.61. The summed E-state index contributed by atoms with van der Waals surface area (Å²) in [5, 5.41) is 14.8. The van der Waals surface area contributed by atoms with E-state index < -0.39 is 47.3 Å². The van der Waals surface area contributed by atoms with Gasteiger partial charge < -0.3 is 15.3 Å². The van der Waals surface area contributed by atoms with Gasteiger partial charge in [0.1, 0.15) is 11.9 Å². The van der Waals surface area contributed by atoms with Crippen LogP contribution in [0.2, 0.25) is 0 Å². The predicted molar refractivity (Wildman–Crippen MR) is 107 cm³/mol. The van der Waals surface area contributed by atoms with Crippen LogP contribution in [0.5, 0.6) is 0 Å². The van der Waals surface area contributed by atoms with Gasteiger partial charge in [-0.3, -0.25) is 14.6 Å². The maximum Gasteiger partial charge on any atom is 0.433 e. The number of fused-ring (bicyclic) bond motifs is 1. The summed E-state index contributed by atoms with van der Waals surface area (Å²) in [5.74, 6) is -1.90. The molecule has 2 unspecified atom stereocenters. The summed E-state index contributed by atoms with van der Waals surface area (Å²) in [4.78, 5) is 30.9. The summed E-state index contributed by atoms with van der Waals surface area (Å²) in [5.41, 5.74) is 0.970. The molecule has 1 saturated heterocycles. The third kappa shape index (κ3) is 4.25. The average Bonchev–Trinajstić information content (AvgIpc) is 3.37. The first-order valence-corrected chi connectivity index (χ1v) is 10.5. The Balaban J connectivity index is 1.70. The molecule has 2 fully saturated rings. The number of hydrazine groups is 1. The highest BCUT2D eigenvalue weighted by atomic mass is 19.4. The molecule has 0 spiro atoms. The van der Waals surface area contributed by atoms with Crippen molar-refractivity contribution < 1.29 is 27.9 Å². The van der Waals surface area contributed by atoms with E-state index in [1.165, 1.54) is 17.0 Å². The third-order valence-corrected chi connectivity index (χ3v) is 5.59. The normalized spacial score (nSPS) is 24.1. The van der Waals surface area contributed by atoms with Gasteiger partial charge in [-0.25, -0.2) is 10.4 Å². The van der Waals surface area contributed by atoms with Crippen molar-refractivity contribution in [3.8, 4) is 0 Å². The van der Waals surface area contributed by atoms with Crippen molar-refractivity contribution in [2.24, 2.45) is 5.41 Å². The number of pyridine rings is 1. The Morgan fingerprint density at radius 3 is 2.59 bits per heavy atom. The van der Waals surface area contributed by atoms with Gasteiger partial charge in [0.05, 0.1) is 6.04 Å². The molecule has 2 amide bonds. The number of carbonyl (C=O) groups is 2. The minimum Gasteiger partial charge on any atom is -0.494 e. The van der Waals surface area contributed by atoms with E-state index in [1.54, 1.807) is 0 Å². The van der Waals surface area contributed by atoms with E-state index in [4.69, 9.17) is 0 Å². The van der Waals surface area contributed by atoms with Gasteiger partial charge in [-0.2, -0.15) is 13.2 Å². The molecule has 11 heteroatoms. The lowest BCUT2D eigenvalue weighted by Crippen LogP contribution is -2.58. The van der Waals surface area contributed by atoms with Crippen molar-refractivity contribution in [1.82, 2.24) is 25.6 Å². The summed E-state index contributed by atoms with van der Waals surface area (Å²) in [6, 6.07) is 1.81. The number of halogens is 3. The molecule has 1 aromatic rings. The highest BCUT2D eigenvalue weighted by molar-refractivity contribution is 6.19. The highest BCUT2D eigenvalue weighted by Gasteiger charge is 2.50. The number of nitrogens with zero attached hydrogens (tertiary/aromatic N) is 3. The van der Waals surface area contributed by atoms with Gasteiger partial charge in [0.15, 0.2) is 5.57 Å². The minimum absolute atomic E-state index is 0.0339. The van der Waals surface area contributed by atoms with Crippen molar-refractivity contribution in [3.63, 3.8) is 0 Å². The maximum absolute atomic E-state index is 13.5. The molecule has 3 aliphatic rings. The van der Waals surface area contributed by atoms with Crippen LogP contribution in [0.3, 0.4) is 0 Å². The summed E-state index contributed by atoms with van der Waals surface area (Å²) >= 11 is 0. The number of alkyl halides is 3. The number of carbonyl (C=O) groups excluding carboxylic acids is 2. The van der Waals surface area contributed by atoms with Crippen LogP contribution in [0.25, 0.3) is 0 Å². The van der Waals surface area contributed by atoms with Crippen LogP contribution in [-0.4, -0.2) is 50.6 Å². The van der Waals surface area contributed by atoms with Crippen molar-refractivity contribution in [3.05, 3.63) is 41.0 Å². The van der Waals surface area contributed by atoms with E-state index in [-0.39, 0.29) is 30.0 Å². The van der Waals surface area contributed by atoms with E-state index >= 15 is 0 Å². The second-order valence-electron chi connectivity index (χ2n) is 9.65. The minimum atomic E-state index is -4.66. The molecular formula is C21H26F3N5O3. The summed E-state index contributed by atoms with van der Waals surface area (Å²) in [6.45, 7) is 6.05. The smallest absolute Gasteiger partial charge is 0.433 e. The van der Waals surface area contributed by atoms with Gasteiger partial charge in [0.25, 0.3) is 11.8 Å². The molecule has 0 radical (unpaired) electrons. The molecule has 0 aromatic carbocycles. The highest BCUT2D eigenvalue weighted by Crippen LogP contribution is 2.40. The molecule has 1 aliphatic carbocycles. The summed E-state index contributed by atoms with van der Waals surface area (Å²) < 4.78 is 40.6. The van der Waals surface area contributed by atoms with Crippen molar-refractivity contribution in [2.45, 2.75) is 64.5 Å². The van der Waals surface area contributed by atoms with Crippen LogP contribution in [-0.2, 0) is 15.8 Å². The van der Waals surface area contributed by atoms with E-state index in [0.29, 0.717) is 0 Å². The van der Waals surface area contributed by atoms with Crippen molar-refractivity contribution in [1.29, 1.82) is 0 Å². The van der Waals surface area contributed by atoms with Gasteiger partial charge in [-0.15, -0.1) is 0 Å². The lowest BCUT2D eigenvalue weighted by Gasteiger charge is -2.42. The molecular weight excluding hydrogens is 427 g/mol. The van der Waals surface area contributed by atoms with E-state index in [9.17, 15) is 27.9 Å². The van der Waals surface area contributed by atoms with Crippen LogP contribution in [0.15, 0.2) is 29.8 Å². The second kappa shape index (κ2) is 7.65. The third-order valence-electron chi connectivity index (χ3n) is 5.59. The van der Waals surface area contributed by atoms with Crippen LogP contribution >= 0.6 is 0 Å². The number of hydrogen-bond donors (Lipinski definition) is 3. The SMILES string of the molecule is CC(C)(C)CN1C(O)=C(C(=O)NC2CC2)C(=O)N2NC(c3cccnc3C(F)(F)F)CC12. The Labute approximate surface area is 183 Å². The van der Waals surface area contributed by atoms with Gasteiger partial charge in [0, 0.05) is 30.8 Å². The summed E-state index contributed by atoms with van der Waals surface area (Å²) in [7, 11) is 0. The van der Waals surface area contributed by atoms with Gasteiger partial charge >= 0.3 is 6.18 Å². The number of amides is 2. The fourth-order valence-electron chi connectivity index (χ4n) is 4.09. The Morgan fingerprint density at radius 1 is 1.31 bits per heavy atom. The fourth-order valence-corrected chi connectivity index (χ4v) is 4.09. The molecule has 0 bridgehead atoms. The lowest BCUT2D eigenvalue weighted by molar-refractivity contribution is -0.142. The van der Waals surface area contributed by atoms with E-state index in [2.05, 4.69) is 15.7 Å². The average molecular weight is 453 g/mol. The molecule has 4 rings (SSSR count). The van der Waals surface area contributed by atoms with Crippen molar-refractivity contribution in [2.75, 3.05) is 6.54 Å². The number of aliphatic hydroxyl groups is 1. The van der Waals surface area contributed by atoms with Gasteiger partial charge in [-0.05, 0) is 24.3 Å². The monoisotopic (exact) mass is 453 g/mol. The zero-order valence-corrected chi connectivity index (χ0v) is 18.0. The first kappa shape index (κ1) is 22.4. The van der Waals surface area contributed by atoms with E-state index in [1.807, 2.05) is 20.8 Å². The maximum atomic E-state index is 13.5. The molecule has 8 nitrogen and oxygen atoms in total. The Hall–Kier alpha value is -2.82. The standard InChI is InChI=1S/C21H26F3N5O3/c1-20(2,3)10-28-14-9-13(12-5-4-8-25-16(12)21(22,23)24)27-29(14)19(32)15(18(28)31)17(30)26-11-6-7-11/h4-5,8,11,13-14,27,31H,6-7,9-10H2,1-3H3,(H,26,30). The Kier molecular flexibility index (Phi) is 5.35. The number of aromatic nitrogens is 1. The van der Waals surface area contributed by atoms with Crippen LogP contribution < -0.4 is 10.7 Å². The topological polar surface area (TPSA) is 97.8 Å². The second-order valence-corrected chi connectivity index (χ2v) is 9.65. The largest absolute Gasteiger partial charge is 0.494 e. The van der Waals surface area contributed by atoms with Crippen LogP contribution in [0.1, 0.15) is 57.3 Å². The van der Waals surface area contributed by atoms with Gasteiger partial charge in [0.2, 0.25) is 5.88 Å². The molecule has 3 N–H and O–H groups in total. The molecule has 32 heavy (non-hydrogen) atoms. The molecule has 2 atom stereocenters. The van der Waals surface area contributed by atoms with Crippen LogP contribution in [0.4, 0.5) is 13.2 Å². The Bertz CT molecular complexity index is 968. The van der Waals surface area contributed by atoms with Crippen molar-refractivity contribution >= 4 is 11.8 Å². The van der Waals surface area contributed by atoms with Crippen LogP contribution in [0, 0.1) is 5.41 Å². The number of nitrogens with one attached hydrogen (secondary N) is 2. The quantitative estimate of drug-likeness (QED) is 0.607. The molecule has 3 heterocycles. The zero-order valence-electron chi connectivity index (χ0n) is 18.0. The first-order valence-electron chi connectivity index (χ1n) is 10.5. The fraction of sp³-hybridized carbons (Fsp3) is 0.571. The zero-order chi connectivity index (χ0) is 23.4. The molecule has 2 aliphatic heterocycles.